The number of amides is 3. The van der Waals surface area contributed by atoms with Crippen molar-refractivity contribution in [2.75, 3.05) is 5.88 Å². The Morgan fingerprint density at radius 2 is 1.95 bits per heavy atom. The first-order chi connectivity index (χ1) is 20.7. The highest BCUT2D eigenvalue weighted by atomic mass is 32.2. The highest BCUT2D eigenvalue weighted by Gasteiger charge is 2.44. The van der Waals surface area contributed by atoms with E-state index in [1.807, 2.05) is 48.2 Å². The summed E-state index contributed by atoms with van der Waals surface area (Å²) in [5.41, 5.74) is 2.42. The smallest absolute Gasteiger partial charge is 0.255 e. The van der Waals surface area contributed by atoms with Crippen molar-refractivity contribution >= 4 is 29.5 Å². The molecule has 1 aromatic heterocycles. The summed E-state index contributed by atoms with van der Waals surface area (Å²) in [6, 6.07) is 13.6. The number of aromatic hydroxyl groups is 1. The molecule has 0 radical (unpaired) electrons. The van der Waals surface area contributed by atoms with Crippen LogP contribution in [0.3, 0.4) is 0 Å². The summed E-state index contributed by atoms with van der Waals surface area (Å²) < 4.78 is 5.66. The van der Waals surface area contributed by atoms with E-state index in [0.29, 0.717) is 5.56 Å². The monoisotopic (exact) mass is 603 g/mol. The first-order valence-electron chi connectivity index (χ1n) is 14.5. The molecule has 1 unspecified atom stereocenters. The van der Waals surface area contributed by atoms with Crippen LogP contribution < -0.4 is 5.32 Å². The second kappa shape index (κ2) is 13.1. The van der Waals surface area contributed by atoms with Gasteiger partial charge in [-0.05, 0) is 56.9 Å². The molecule has 9 nitrogen and oxygen atoms in total. The third-order valence-electron chi connectivity index (χ3n) is 8.35. The third kappa shape index (κ3) is 6.21. The normalized spacial score (nSPS) is 21.8. The maximum Gasteiger partial charge on any atom is 0.255 e. The fourth-order valence-electron chi connectivity index (χ4n) is 5.97. The number of rotatable bonds is 8. The molecule has 5 atom stereocenters. The lowest BCUT2D eigenvalue weighted by atomic mass is 9.91. The molecule has 3 amide bonds. The zero-order chi connectivity index (χ0) is 30.7. The third-order valence-corrected chi connectivity index (χ3v) is 9.49. The Kier molecular flexibility index (Phi) is 9.27. The quantitative estimate of drug-likeness (QED) is 0.328. The predicted octanol–water partition coefficient (Wildman–Crippen LogP) is 4.34. The minimum Gasteiger partial charge on any atom is -0.508 e. The van der Waals surface area contributed by atoms with Gasteiger partial charge in [0.15, 0.2) is 6.10 Å². The van der Waals surface area contributed by atoms with Crippen LogP contribution in [-0.4, -0.2) is 67.2 Å². The maximum absolute atomic E-state index is 14.1. The molecule has 3 aromatic rings. The second-order valence-corrected chi connectivity index (χ2v) is 12.3. The Morgan fingerprint density at radius 1 is 1.19 bits per heavy atom. The molecule has 1 saturated heterocycles. The zero-order valence-corrected chi connectivity index (χ0v) is 25.1. The lowest BCUT2D eigenvalue weighted by Crippen LogP contribution is -2.56. The van der Waals surface area contributed by atoms with Gasteiger partial charge in [-0.25, -0.2) is 0 Å². The van der Waals surface area contributed by atoms with Crippen LogP contribution in [0.4, 0.5) is 0 Å². The van der Waals surface area contributed by atoms with Gasteiger partial charge >= 0.3 is 0 Å². The number of furan rings is 1. The molecule has 1 aliphatic carbocycles. The van der Waals surface area contributed by atoms with Crippen LogP contribution in [0.5, 0.6) is 5.75 Å². The van der Waals surface area contributed by atoms with E-state index in [4.69, 9.17) is 4.42 Å². The number of aryl methyl sites for hydroxylation is 1. The Morgan fingerprint density at radius 3 is 2.70 bits per heavy atom. The van der Waals surface area contributed by atoms with E-state index >= 15 is 0 Å². The summed E-state index contributed by atoms with van der Waals surface area (Å²) in [7, 11) is 0. The highest BCUT2D eigenvalue weighted by molar-refractivity contribution is 7.99. The van der Waals surface area contributed by atoms with E-state index in [0.717, 1.165) is 36.1 Å². The molecule has 2 aliphatic rings. The molecular weight excluding hydrogens is 566 g/mol. The fraction of sp³-hybridized carbons (Fsp3) is 0.364. The summed E-state index contributed by atoms with van der Waals surface area (Å²) in [5.74, 6) is -0.482. The molecule has 0 spiro atoms. The standard InChI is InChI=1S/C33H37N3O6S/c1-4-26-32(40)36(27-13-9-15-29-24(27)16-17-42-29)21(3)43-19-35(26)33(41)30(38)25(18-22-10-6-5-7-11-22)34-31(39)23-12-8-14-28(37)20(23)2/h4-8,10-12,14,16-17,21,25-27,30,37-38H,1,9,13,15,18-19H2,2-3H3,(H,34,39)/t21?,25-,26-,27-,30-/m0/s1. The van der Waals surface area contributed by atoms with Gasteiger partial charge in [-0.3, -0.25) is 14.4 Å². The average molecular weight is 604 g/mol. The number of nitrogens with zero attached hydrogens (tertiary/aromatic N) is 2. The number of phenolic OH excluding ortho intramolecular Hbond substituents is 1. The Balaban J connectivity index is 1.41. The molecule has 2 heterocycles. The molecule has 1 aliphatic heterocycles. The number of benzene rings is 2. The summed E-state index contributed by atoms with van der Waals surface area (Å²) in [6.07, 6.45) is 4.09. The van der Waals surface area contributed by atoms with Crippen molar-refractivity contribution in [1.29, 1.82) is 0 Å². The van der Waals surface area contributed by atoms with Gasteiger partial charge in [-0.15, -0.1) is 18.3 Å². The largest absolute Gasteiger partial charge is 0.508 e. The van der Waals surface area contributed by atoms with E-state index < -0.39 is 30.0 Å². The van der Waals surface area contributed by atoms with E-state index in [-0.39, 0.29) is 40.9 Å². The number of nitrogens with one attached hydrogen (secondary N) is 1. The van der Waals surface area contributed by atoms with Crippen LogP contribution >= 0.6 is 11.8 Å². The van der Waals surface area contributed by atoms with Gasteiger partial charge in [0.1, 0.15) is 17.6 Å². The first kappa shape index (κ1) is 30.4. The van der Waals surface area contributed by atoms with E-state index in [2.05, 4.69) is 11.9 Å². The van der Waals surface area contributed by atoms with Gasteiger partial charge < -0.3 is 29.7 Å². The van der Waals surface area contributed by atoms with Gasteiger partial charge in [0.05, 0.1) is 29.6 Å². The molecule has 5 rings (SSSR count). The SMILES string of the molecule is C=C[C@H]1C(=O)N([C@H]2CCCc3occc32)C(C)SCN1C(=O)[C@@H](O)[C@H](Cc1ccccc1)NC(=O)c1cccc(O)c1C. The predicted molar refractivity (Wildman–Crippen MR) is 164 cm³/mol. The van der Waals surface area contributed by atoms with Gasteiger partial charge in [-0.2, -0.15) is 0 Å². The molecule has 3 N–H and O–H groups in total. The number of thioether (sulfide) groups is 1. The van der Waals surface area contributed by atoms with Crippen LogP contribution in [0.1, 0.15) is 58.6 Å². The van der Waals surface area contributed by atoms with Crippen molar-refractivity contribution in [1.82, 2.24) is 15.1 Å². The molecule has 43 heavy (non-hydrogen) atoms. The summed E-state index contributed by atoms with van der Waals surface area (Å²) in [5, 5.41) is 24.3. The number of aliphatic hydroxyl groups is 1. The van der Waals surface area contributed by atoms with Crippen LogP contribution in [0, 0.1) is 6.92 Å². The number of hydrogen-bond donors (Lipinski definition) is 3. The average Bonchev–Trinajstić information content (AvgIpc) is 3.45. The van der Waals surface area contributed by atoms with Crippen LogP contribution in [0.15, 0.2) is 77.9 Å². The lowest BCUT2D eigenvalue weighted by Gasteiger charge is -2.38. The number of fused-ring (bicyclic) bond motifs is 1. The summed E-state index contributed by atoms with van der Waals surface area (Å²) in [4.78, 5) is 44.6. The maximum atomic E-state index is 14.1. The van der Waals surface area contributed by atoms with Crippen molar-refractivity contribution < 1.29 is 29.0 Å². The number of carbonyl (C=O) groups is 3. The van der Waals surface area contributed by atoms with Gasteiger partial charge in [-0.1, -0.05) is 42.5 Å². The van der Waals surface area contributed by atoms with Crippen LogP contribution in [0.25, 0.3) is 0 Å². The topological polar surface area (TPSA) is 123 Å². The van der Waals surface area contributed by atoms with E-state index in [1.54, 1.807) is 25.3 Å². The zero-order valence-electron chi connectivity index (χ0n) is 24.3. The molecule has 2 aromatic carbocycles. The number of phenols is 1. The Hall–Kier alpha value is -4.02. The molecular formula is C33H37N3O6S. The molecule has 226 valence electrons. The number of hydrogen-bond acceptors (Lipinski definition) is 7. The fourth-order valence-corrected chi connectivity index (χ4v) is 7.04. The molecule has 10 heteroatoms. The Bertz CT molecular complexity index is 1490. The van der Waals surface area contributed by atoms with Gasteiger partial charge in [0.25, 0.3) is 17.7 Å². The second-order valence-electron chi connectivity index (χ2n) is 11.0. The van der Waals surface area contributed by atoms with Gasteiger partial charge in [0, 0.05) is 23.1 Å². The van der Waals surface area contributed by atoms with Crippen molar-refractivity contribution in [3.05, 3.63) is 102 Å². The number of carbonyl (C=O) groups excluding carboxylic acids is 3. The highest BCUT2D eigenvalue weighted by Crippen LogP contribution is 2.40. The lowest BCUT2D eigenvalue weighted by molar-refractivity contribution is -0.149. The van der Waals surface area contributed by atoms with E-state index in [9.17, 15) is 24.6 Å². The summed E-state index contributed by atoms with van der Waals surface area (Å²) >= 11 is 1.43. The minimum absolute atomic E-state index is 0.0306. The van der Waals surface area contributed by atoms with Crippen molar-refractivity contribution in [2.24, 2.45) is 0 Å². The van der Waals surface area contributed by atoms with E-state index in [1.165, 1.54) is 28.8 Å². The van der Waals surface area contributed by atoms with Crippen molar-refractivity contribution in [2.45, 2.75) is 69.1 Å². The van der Waals surface area contributed by atoms with Crippen molar-refractivity contribution in [3.8, 4) is 5.75 Å². The first-order valence-corrected chi connectivity index (χ1v) is 15.5. The molecule has 1 fully saturated rings. The molecule has 0 saturated carbocycles. The minimum atomic E-state index is -1.66. The van der Waals surface area contributed by atoms with Gasteiger partial charge in [0.2, 0.25) is 0 Å². The Labute approximate surface area is 255 Å². The number of aliphatic hydroxyl groups excluding tert-OH is 1. The van der Waals surface area contributed by atoms with Crippen LogP contribution in [0.2, 0.25) is 0 Å². The van der Waals surface area contributed by atoms with Crippen LogP contribution in [-0.2, 0) is 22.4 Å². The molecule has 0 bridgehead atoms. The summed E-state index contributed by atoms with van der Waals surface area (Å²) in [6.45, 7) is 7.45. The van der Waals surface area contributed by atoms with Crippen molar-refractivity contribution in [3.63, 3.8) is 0 Å².